The van der Waals surface area contributed by atoms with Crippen LogP contribution in [0.3, 0.4) is 0 Å². The zero-order valence-electron chi connectivity index (χ0n) is 20.9. The van der Waals surface area contributed by atoms with Crippen LogP contribution < -0.4 is 0 Å². The molecule has 3 aromatic heterocycles. The highest BCUT2D eigenvalue weighted by atomic mass is 32.1. The molecule has 0 N–H and O–H groups in total. The van der Waals surface area contributed by atoms with Crippen molar-refractivity contribution in [2.75, 3.05) is 0 Å². The second kappa shape index (κ2) is 11.6. The molecule has 0 aliphatic rings. The maximum absolute atomic E-state index is 3.54. The molecule has 0 fully saturated rings. The summed E-state index contributed by atoms with van der Waals surface area (Å²) in [6.45, 7) is 13.4. The predicted octanol–water partition coefficient (Wildman–Crippen LogP) is 9.21. The molecule has 0 saturated carbocycles. The van der Waals surface area contributed by atoms with Crippen LogP contribution in [-0.2, 0) is 23.7 Å². The molecule has 0 spiro atoms. The van der Waals surface area contributed by atoms with Gasteiger partial charge in [0.05, 0.1) is 20.6 Å². The molecule has 0 aliphatic carbocycles. The Morgan fingerprint density at radius 1 is 0.606 bits per heavy atom. The Labute approximate surface area is 213 Å². The van der Waals surface area contributed by atoms with Crippen molar-refractivity contribution in [1.29, 1.82) is 0 Å². The molecular weight excluding hydrogens is 457 g/mol. The van der Waals surface area contributed by atoms with Crippen molar-refractivity contribution >= 4 is 34.0 Å². The third-order valence-corrected chi connectivity index (χ3v) is 9.56. The van der Waals surface area contributed by atoms with Crippen molar-refractivity contribution < 1.29 is 0 Å². The van der Waals surface area contributed by atoms with Crippen LogP contribution in [-0.4, -0.2) is 0 Å². The van der Waals surface area contributed by atoms with E-state index in [0.717, 1.165) is 0 Å². The summed E-state index contributed by atoms with van der Waals surface area (Å²) in [5.41, 5.74) is -0.357. The van der Waals surface area contributed by atoms with Gasteiger partial charge in [-0.1, -0.05) is 50.4 Å². The van der Waals surface area contributed by atoms with E-state index in [1.165, 1.54) is 67.8 Å². The molecule has 0 unspecified atom stereocenters. The molecule has 0 bridgehead atoms. The molecule has 3 aromatic rings. The maximum Gasteiger partial charge on any atom is 0.0771 e. The van der Waals surface area contributed by atoms with E-state index in [1.807, 2.05) is 34.0 Å². The zero-order chi connectivity index (χ0) is 23.9. The van der Waals surface area contributed by atoms with Gasteiger partial charge in [-0.05, 0) is 89.8 Å². The molecule has 0 amide bonds. The molecule has 0 saturated heterocycles. The van der Waals surface area contributed by atoms with Gasteiger partial charge in [0.2, 0.25) is 0 Å². The quantitative estimate of drug-likeness (QED) is 0.275. The third kappa shape index (κ3) is 7.35. The van der Waals surface area contributed by atoms with Gasteiger partial charge in [-0.2, -0.15) is 0 Å². The van der Waals surface area contributed by atoms with Crippen LogP contribution in [0.2, 0.25) is 0 Å². The lowest BCUT2D eigenvalue weighted by atomic mass is 9.90. The summed E-state index contributed by atoms with van der Waals surface area (Å²) in [4.78, 5) is 7.85. The predicted molar refractivity (Wildman–Crippen MR) is 150 cm³/mol. The lowest BCUT2D eigenvalue weighted by Crippen LogP contribution is -2.13. The van der Waals surface area contributed by atoms with Crippen molar-refractivity contribution in [3.63, 3.8) is 0 Å². The minimum atomic E-state index is -0.179. The molecule has 0 nitrogen and oxygen atoms in total. The second-order valence-electron chi connectivity index (χ2n) is 9.65. The first-order chi connectivity index (χ1) is 15.7. The smallest absolute Gasteiger partial charge is 0.0771 e. The number of hydrogen-bond acceptors (Lipinski definition) is 3. The van der Waals surface area contributed by atoms with Crippen molar-refractivity contribution in [3.8, 4) is 23.7 Å². The second-order valence-corrected chi connectivity index (χ2v) is 13.1. The van der Waals surface area contributed by atoms with E-state index in [4.69, 9.17) is 0 Å². The van der Waals surface area contributed by atoms with Crippen LogP contribution in [0.4, 0.5) is 0 Å². The van der Waals surface area contributed by atoms with Crippen molar-refractivity contribution in [1.82, 2.24) is 0 Å². The first kappa shape index (κ1) is 25.8. The number of unbranched alkanes of at least 4 members (excludes halogenated alkanes) is 2. The molecule has 3 heteroatoms. The summed E-state index contributed by atoms with van der Waals surface area (Å²) in [7, 11) is 0. The van der Waals surface area contributed by atoms with Gasteiger partial charge in [0, 0.05) is 19.5 Å². The van der Waals surface area contributed by atoms with Crippen LogP contribution in [0.25, 0.3) is 0 Å². The Hall–Kier alpha value is -1.78. The van der Waals surface area contributed by atoms with Gasteiger partial charge in [0.15, 0.2) is 0 Å². The summed E-state index contributed by atoms with van der Waals surface area (Å²) in [6, 6.07) is 13.3. The van der Waals surface area contributed by atoms with E-state index in [0.29, 0.717) is 0 Å². The fourth-order valence-corrected chi connectivity index (χ4v) is 6.36. The topological polar surface area (TPSA) is 0 Å². The molecule has 174 valence electrons. The minimum Gasteiger partial charge on any atom is -0.142 e. The highest BCUT2D eigenvalue weighted by Gasteiger charge is 2.25. The summed E-state index contributed by atoms with van der Waals surface area (Å²) in [5, 5.41) is 0. The van der Waals surface area contributed by atoms with Crippen molar-refractivity contribution in [2.24, 2.45) is 0 Å². The van der Waals surface area contributed by atoms with Crippen LogP contribution in [0.5, 0.6) is 0 Å². The standard InChI is InChI=1S/C30H36S3/c1-7-9-11-23-13-15-25(31-23)19-21-29(3,4)27-17-18-28(33-27)30(5,6)22-20-26-16-14-24(32-26)12-10-8-2/h13-18H,7-12H2,1-6H3. The zero-order valence-corrected chi connectivity index (χ0v) is 23.4. The number of aryl methyl sites for hydroxylation is 2. The van der Waals surface area contributed by atoms with Gasteiger partial charge < -0.3 is 0 Å². The minimum absolute atomic E-state index is 0.179. The van der Waals surface area contributed by atoms with E-state index < -0.39 is 0 Å². The molecule has 33 heavy (non-hydrogen) atoms. The fourth-order valence-electron chi connectivity index (χ4n) is 3.43. The SMILES string of the molecule is CCCCc1ccc(C#CC(C)(C)c2ccc(C(C)(C)C#Cc3ccc(CCCC)s3)s2)s1. The summed E-state index contributed by atoms with van der Waals surface area (Å²) in [6.07, 6.45) is 7.32. The van der Waals surface area contributed by atoms with Gasteiger partial charge in [-0.15, -0.1) is 34.0 Å². The van der Waals surface area contributed by atoms with Crippen molar-refractivity contribution in [3.05, 3.63) is 65.7 Å². The van der Waals surface area contributed by atoms with Crippen molar-refractivity contribution in [2.45, 2.75) is 90.9 Å². The number of thiophene rings is 3. The van der Waals surface area contributed by atoms with Gasteiger partial charge in [-0.25, -0.2) is 0 Å². The van der Waals surface area contributed by atoms with Gasteiger partial charge in [0.25, 0.3) is 0 Å². The Balaban J connectivity index is 1.71. The molecule has 0 aliphatic heterocycles. The number of hydrogen-bond donors (Lipinski definition) is 0. The molecule has 3 rings (SSSR count). The average Bonchev–Trinajstić information content (AvgIpc) is 3.54. The maximum atomic E-state index is 3.54. The van der Waals surface area contributed by atoms with E-state index in [2.05, 4.69) is 102 Å². The van der Waals surface area contributed by atoms with E-state index in [1.54, 1.807) is 0 Å². The van der Waals surface area contributed by atoms with E-state index in [9.17, 15) is 0 Å². The number of rotatable bonds is 8. The molecular formula is C30H36S3. The Kier molecular flexibility index (Phi) is 9.06. The molecule has 3 heterocycles. The first-order valence-corrected chi connectivity index (χ1v) is 14.5. The van der Waals surface area contributed by atoms with Crippen LogP contribution >= 0.6 is 34.0 Å². The van der Waals surface area contributed by atoms with E-state index in [-0.39, 0.29) is 10.8 Å². The average molecular weight is 493 g/mol. The molecule has 0 atom stereocenters. The Bertz CT molecular complexity index is 1070. The summed E-state index contributed by atoms with van der Waals surface area (Å²) in [5.74, 6) is 14.0. The monoisotopic (exact) mass is 492 g/mol. The third-order valence-electron chi connectivity index (χ3n) is 5.71. The lowest BCUT2D eigenvalue weighted by Gasteiger charge is -2.17. The fraction of sp³-hybridized carbons (Fsp3) is 0.467. The van der Waals surface area contributed by atoms with Gasteiger partial charge >= 0.3 is 0 Å². The van der Waals surface area contributed by atoms with E-state index >= 15 is 0 Å². The largest absolute Gasteiger partial charge is 0.142 e. The first-order valence-electron chi connectivity index (χ1n) is 12.1. The Morgan fingerprint density at radius 2 is 1.03 bits per heavy atom. The summed E-state index contributed by atoms with van der Waals surface area (Å²) >= 11 is 5.53. The molecule has 0 radical (unpaired) electrons. The van der Waals surface area contributed by atoms with Gasteiger partial charge in [-0.3, -0.25) is 0 Å². The summed E-state index contributed by atoms with van der Waals surface area (Å²) < 4.78 is 0. The Morgan fingerprint density at radius 3 is 1.42 bits per heavy atom. The molecule has 0 aromatic carbocycles. The van der Waals surface area contributed by atoms with Crippen LogP contribution in [0, 0.1) is 23.7 Å². The normalized spacial score (nSPS) is 11.6. The van der Waals surface area contributed by atoms with Crippen LogP contribution in [0.15, 0.2) is 36.4 Å². The highest BCUT2D eigenvalue weighted by molar-refractivity contribution is 7.13. The highest BCUT2D eigenvalue weighted by Crippen LogP contribution is 2.36. The van der Waals surface area contributed by atoms with Gasteiger partial charge in [0.1, 0.15) is 0 Å². The lowest BCUT2D eigenvalue weighted by molar-refractivity contribution is 0.713. The van der Waals surface area contributed by atoms with Crippen LogP contribution in [0.1, 0.15) is 96.5 Å².